The second kappa shape index (κ2) is 23.6. The van der Waals surface area contributed by atoms with E-state index in [1.54, 1.807) is 35.9 Å². The van der Waals surface area contributed by atoms with Crippen molar-refractivity contribution in [2.45, 2.75) is 142 Å². The van der Waals surface area contributed by atoms with E-state index in [-0.39, 0.29) is 119 Å². The minimum atomic E-state index is -1.43. The molecule has 1 saturated carbocycles. The van der Waals surface area contributed by atoms with Gasteiger partial charge in [0, 0.05) is 69.3 Å². The van der Waals surface area contributed by atoms with E-state index < -0.39 is 14.1 Å². The van der Waals surface area contributed by atoms with Crippen LogP contribution in [0.1, 0.15) is 115 Å². The zero-order valence-corrected chi connectivity index (χ0v) is 35.9. The van der Waals surface area contributed by atoms with Gasteiger partial charge < -0.3 is 30.3 Å². The van der Waals surface area contributed by atoms with Gasteiger partial charge in [0.15, 0.2) is 0 Å². The van der Waals surface area contributed by atoms with Crippen LogP contribution in [0.25, 0.3) is 0 Å². The number of rotatable bonds is 25. The molecular formula is C37H60N15O6P. The highest BCUT2D eigenvalue weighted by Gasteiger charge is 2.38. The lowest BCUT2D eigenvalue weighted by atomic mass is 9.81. The molecule has 21 nitrogen and oxygen atoms in total. The summed E-state index contributed by atoms with van der Waals surface area (Å²) >= 11 is 0. The average molecular weight is 842 g/mol. The maximum atomic E-state index is 14.3. The van der Waals surface area contributed by atoms with Crippen LogP contribution in [0.5, 0.6) is 0 Å². The Bertz CT molecular complexity index is 1730. The third-order valence-electron chi connectivity index (χ3n) is 9.99. The number of carbonyl (C=O) groups excluding carboxylic acids is 4. The van der Waals surface area contributed by atoms with E-state index in [1.165, 1.54) is 6.20 Å². The molecule has 4 amide bonds. The summed E-state index contributed by atoms with van der Waals surface area (Å²) in [4.78, 5) is 54.0. The monoisotopic (exact) mass is 841 g/mol. The van der Waals surface area contributed by atoms with Crippen LogP contribution in [0.2, 0.25) is 0 Å². The van der Waals surface area contributed by atoms with Crippen molar-refractivity contribution in [2.24, 2.45) is 20.0 Å². The normalized spacial score (nSPS) is 16.2. The van der Waals surface area contributed by atoms with Gasteiger partial charge in [-0.05, 0) is 72.6 Å². The minimum absolute atomic E-state index is 0.0126. The summed E-state index contributed by atoms with van der Waals surface area (Å²) in [5.41, 5.74) is 0.637. The topological polar surface area (TPSA) is 265 Å². The zero-order valence-electron chi connectivity index (χ0n) is 35.0. The molecule has 3 aromatic heterocycles. The average Bonchev–Trinajstić information content (AvgIpc) is 3.99. The second-order valence-corrected chi connectivity index (χ2v) is 16.9. The van der Waals surface area contributed by atoms with Gasteiger partial charge in [-0.3, -0.25) is 28.5 Å². The van der Waals surface area contributed by atoms with Crippen molar-refractivity contribution in [1.29, 1.82) is 5.26 Å². The molecule has 3 heterocycles. The van der Waals surface area contributed by atoms with E-state index in [0.717, 1.165) is 0 Å². The van der Waals surface area contributed by atoms with Crippen molar-refractivity contribution in [2.75, 3.05) is 6.61 Å². The molecule has 22 heteroatoms. The summed E-state index contributed by atoms with van der Waals surface area (Å²) in [6, 6.07) is 2.45. The number of nitrogens with zero attached hydrogens (tertiary/aromatic N) is 10. The molecule has 0 radical (unpaired) electrons. The number of hydrogen-bond donors (Lipinski definition) is 5. The van der Waals surface area contributed by atoms with Gasteiger partial charge in [0.2, 0.25) is 23.6 Å². The van der Waals surface area contributed by atoms with Crippen molar-refractivity contribution in [1.82, 2.24) is 71.3 Å². The SMILES string of the molecule is CC(C)N(C(C)C)P(OCCC#N)OC1CCC(C(=O)NC(CCC(=O)NCc2cn(C)nn2)(CCC(=O)NCc2cn(C)nn2)CCC(=O)NCc2cn[nH]n2)CC1. The van der Waals surface area contributed by atoms with Crippen molar-refractivity contribution in [3.63, 3.8) is 0 Å². The number of aromatic nitrogens is 9. The molecule has 3 aromatic rings. The number of amides is 4. The van der Waals surface area contributed by atoms with Gasteiger partial charge in [0.25, 0.3) is 8.53 Å². The lowest BCUT2D eigenvalue weighted by molar-refractivity contribution is -0.131. The Labute approximate surface area is 346 Å². The summed E-state index contributed by atoms with van der Waals surface area (Å²) in [6.07, 6.45) is 7.93. The maximum absolute atomic E-state index is 14.3. The van der Waals surface area contributed by atoms with Gasteiger partial charge in [-0.2, -0.15) is 20.7 Å². The first-order valence-corrected chi connectivity index (χ1v) is 21.3. The van der Waals surface area contributed by atoms with E-state index in [2.05, 4.69) is 95.7 Å². The number of carbonyl (C=O) groups is 4. The summed E-state index contributed by atoms with van der Waals surface area (Å²) in [5, 5.41) is 47.1. The lowest BCUT2D eigenvalue weighted by Gasteiger charge is -2.39. The minimum Gasteiger partial charge on any atom is -0.350 e. The summed E-state index contributed by atoms with van der Waals surface area (Å²) in [7, 11) is 2.04. The smallest absolute Gasteiger partial charge is 0.259 e. The standard InChI is InChI=1S/C37H60N15O6P/c1-26(2)52(27(3)4)59(57-19-7-18-38)58-32-10-8-28(9-11-32)36(56)43-37(15-12-33(53)39-20-29-23-42-47-44-29,16-13-34(54)40-21-30-24-50(5)48-45-30)17-14-35(55)41-22-31-25-51(6)49-46-31/h23-28,32H,7-17,19-22H2,1-6H3,(H,39,53)(H,40,54)(H,41,55)(H,43,56)(H,42,44,47). The molecule has 1 fully saturated rings. The van der Waals surface area contributed by atoms with Crippen LogP contribution in [0.15, 0.2) is 18.6 Å². The zero-order chi connectivity index (χ0) is 42.8. The van der Waals surface area contributed by atoms with Gasteiger partial charge in [0.05, 0.1) is 51.0 Å². The molecule has 1 atom stereocenters. The molecule has 1 unspecified atom stereocenters. The van der Waals surface area contributed by atoms with Crippen molar-refractivity contribution < 1.29 is 28.2 Å². The molecule has 59 heavy (non-hydrogen) atoms. The molecule has 1 aliphatic rings. The van der Waals surface area contributed by atoms with Crippen molar-refractivity contribution in [3.8, 4) is 6.07 Å². The largest absolute Gasteiger partial charge is 0.350 e. The van der Waals surface area contributed by atoms with Crippen LogP contribution in [0.3, 0.4) is 0 Å². The van der Waals surface area contributed by atoms with Crippen LogP contribution in [0, 0.1) is 17.2 Å². The van der Waals surface area contributed by atoms with Crippen LogP contribution >= 0.6 is 8.53 Å². The number of aromatic amines is 1. The van der Waals surface area contributed by atoms with Gasteiger partial charge in [0.1, 0.15) is 17.1 Å². The van der Waals surface area contributed by atoms with Gasteiger partial charge >= 0.3 is 0 Å². The predicted octanol–water partition coefficient (Wildman–Crippen LogP) is 2.36. The van der Waals surface area contributed by atoms with Gasteiger partial charge in [-0.25, -0.2) is 4.67 Å². The molecule has 324 valence electrons. The Morgan fingerprint density at radius 1 is 0.864 bits per heavy atom. The van der Waals surface area contributed by atoms with Crippen molar-refractivity contribution >= 4 is 32.2 Å². The van der Waals surface area contributed by atoms with Crippen LogP contribution in [-0.4, -0.2) is 104 Å². The lowest BCUT2D eigenvalue weighted by Crippen LogP contribution is -2.52. The fourth-order valence-corrected chi connectivity index (χ4v) is 8.70. The number of aryl methyl sites for hydroxylation is 2. The first-order valence-electron chi connectivity index (χ1n) is 20.2. The highest BCUT2D eigenvalue weighted by Crippen LogP contribution is 2.49. The van der Waals surface area contributed by atoms with Crippen LogP contribution in [0.4, 0.5) is 0 Å². The summed E-state index contributed by atoms with van der Waals surface area (Å²) < 4.78 is 18.0. The van der Waals surface area contributed by atoms with Gasteiger partial charge in [-0.15, -0.1) is 10.2 Å². The fourth-order valence-electron chi connectivity index (χ4n) is 6.93. The molecule has 1 aliphatic carbocycles. The second-order valence-electron chi connectivity index (χ2n) is 15.5. The molecule has 0 saturated heterocycles. The molecule has 0 aliphatic heterocycles. The third kappa shape index (κ3) is 16.0. The summed E-state index contributed by atoms with van der Waals surface area (Å²) in [6.45, 7) is 9.12. The predicted molar refractivity (Wildman–Crippen MR) is 215 cm³/mol. The Kier molecular flexibility index (Phi) is 18.7. The first-order chi connectivity index (χ1) is 28.3. The molecule has 0 aromatic carbocycles. The Morgan fingerprint density at radius 3 is 1.80 bits per heavy atom. The molecule has 0 spiro atoms. The highest BCUT2D eigenvalue weighted by atomic mass is 31.2. The fraction of sp³-hybridized carbons (Fsp3) is 0.703. The Balaban J connectivity index is 1.48. The Hall–Kier alpha value is -4.90. The highest BCUT2D eigenvalue weighted by molar-refractivity contribution is 7.44. The third-order valence-corrected chi connectivity index (χ3v) is 12.2. The van der Waals surface area contributed by atoms with Gasteiger partial charge in [-0.1, -0.05) is 10.4 Å². The maximum Gasteiger partial charge on any atom is 0.259 e. The quantitative estimate of drug-likeness (QED) is 0.0606. The molecule has 4 rings (SSSR count). The summed E-state index contributed by atoms with van der Waals surface area (Å²) in [5.74, 6) is -1.40. The number of nitriles is 1. The van der Waals surface area contributed by atoms with Crippen LogP contribution in [-0.2, 0) is 62.0 Å². The number of nitrogens with one attached hydrogen (secondary N) is 5. The number of H-pyrrole nitrogens is 1. The molecule has 0 bridgehead atoms. The molecular weight excluding hydrogens is 781 g/mol. The first kappa shape index (κ1) is 46.8. The van der Waals surface area contributed by atoms with Crippen molar-refractivity contribution in [3.05, 3.63) is 35.7 Å². The Morgan fingerprint density at radius 2 is 1.37 bits per heavy atom. The van der Waals surface area contributed by atoms with E-state index in [4.69, 9.17) is 14.3 Å². The molecule has 5 N–H and O–H groups in total. The van der Waals surface area contributed by atoms with Crippen LogP contribution < -0.4 is 21.3 Å². The van der Waals surface area contributed by atoms with E-state index in [1.807, 2.05) is 0 Å². The van der Waals surface area contributed by atoms with E-state index in [0.29, 0.717) is 42.8 Å². The number of hydrogen-bond acceptors (Lipinski definition) is 14. The van der Waals surface area contributed by atoms with E-state index >= 15 is 0 Å². The van der Waals surface area contributed by atoms with E-state index in [9.17, 15) is 19.2 Å².